The number of halogens is 2. The van der Waals surface area contributed by atoms with Crippen molar-refractivity contribution in [2.45, 2.75) is 183 Å². The van der Waals surface area contributed by atoms with Crippen molar-refractivity contribution < 1.29 is 77.3 Å². The van der Waals surface area contributed by atoms with Gasteiger partial charge in [0.2, 0.25) is 76.8 Å². The molecule has 0 unspecified atom stereocenters. The number of primary amides is 2. The number of H-pyrrole nitrogens is 1. The standard InChI is InChI=1S/C70H94Cl2N18O16S2/c1-36(73)29-56(94)90-28-8-16-53(90)68(105)85-48(30-37-17-19-41(91)20-18-37)64(101)88-52-35-108-107-34-51(60(75)97)87-63(100)47(22-24-57(95)96)83-66(103)50(32-40-33-80-44-14-5-4-12-42(40)44)84-62(99)46(21-23-54(74)92)81-55(93)25-27-78-61(98)45(15-7-26-79-70(76)77)82-65(102)49(31-39-11-6-13-43(71)58(39)72)86-69(106)59(89-67(52)104)38-9-2-3-10-38/h4-6,11-14,17-20,33,36,38,45-53,59,80,91H,2-3,7-10,15-16,21-32,34-35,73H2,1H3,(H2,74,92)(H2,75,97)(H,78,98)(H,81,93)(H,82,102)(H,83,103)(H,84,99)(H,85,105)(H,86,106)(H,87,100)(H,88,101)(H,89,104)(H,95,96)(H4,76,77,79)/t36-,45+,46+,47+,48+,49+,50+,51-,52+,53+,59+/m1/s1. The van der Waals surface area contributed by atoms with Gasteiger partial charge in [-0.3, -0.25) is 72.1 Å². The molecule has 23 N–H and O–H groups in total. The number of nitrogens with one attached hydrogen (secondary N) is 11. The van der Waals surface area contributed by atoms with Gasteiger partial charge in [0.25, 0.3) is 0 Å². The monoisotopic (exact) mass is 1580 g/mol. The number of rotatable bonds is 24. The fourth-order valence-electron chi connectivity index (χ4n) is 12.7. The predicted octanol–water partition coefficient (Wildman–Crippen LogP) is -0.940. The van der Waals surface area contributed by atoms with Crippen LogP contribution in [-0.2, 0) is 86.4 Å². The number of likely N-dealkylation sites (tertiary alicyclic amines) is 1. The number of nitrogens with two attached hydrogens (primary N) is 5. The Morgan fingerprint density at radius 3 is 1.96 bits per heavy atom. The minimum atomic E-state index is -1.75. The maximum atomic E-state index is 15.3. The number of carboxylic acid groups (broad SMARTS) is 1. The summed E-state index contributed by atoms with van der Waals surface area (Å²) in [5.74, 6) is -14.9. The number of aromatic nitrogens is 1. The lowest BCUT2D eigenvalue weighted by Gasteiger charge is -2.30. The first kappa shape index (κ1) is 85.3. The summed E-state index contributed by atoms with van der Waals surface area (Å²) in [4.78, 5) is 207. The van der Waals surface area contributed by atoms with Crippen LogP contribution in [0.3, 0.4) is 0 Å². The van der Waals surface area contributed by atoms with E-state index in [2.05, 4.69) is 63.1 Å². The molecule has 586 valence electrons. The third-order valence-corrected chi connectivity index (χ3v) is 21.6. The van der Waals surface area contributed by atoms with E-state index in [1.807, 2.05) is 0 Å². The summed E-state index contributed by atoms with van der Waals surface area (Å²) in [6, 6.07) is 1.46. The summed E-state index contributed by atoms with van der Waals surface area (Å²) in [5.41, 5.74) is 30.4. The first-order valence-corrected chi connectivity index (χ1v) is 38.6. The Labute approximate surface area is 640 Å². The molecule has 3 aromatic carbocycles. The number of para-hydroxylation sites is 1. The number of benzene rings is 3. The first-order chi connectivity index (χ1) is 51.4. The Hall–Kier alpha value is -9.91. The zero-order valence-electron chi connectivity index (χ0n) is 59.4. The molecular weight excluding hydrogens is 1480 g/mol. The second-order valence-corrected chi connectivity index (χ2v) is 30.1. The largest absolute Gasteiger partial charge is 0.508 e. The number of fused-ring (bicyclic) bond motifs is 1. The van der Waals surface area contributed by atoms with Crippen molar-refractivity contribution in [2.24, 2.45) is 39.6 Å². The molecule has 108 heavy (non-hydrogen) atoms. The topological polar surface area (TPSA) is 561 Å². The molecule has 0 spiro atoms. The molecule has 3 aliphatic rings. The van der Waals surface area contributed by atoms with Crippen LogP contribution in [-0.4, -0.2) is 206 Å². The molecule has 1 saturated carbocycles. The smallest absolute Gasteiger partial charge is 0.303 e. The van der Waals surface area contributed by atoms with Crippen molar-refractivity contribution in [3.63, 3.8) is 0 Å². The number of phenols is 1. The minimum absolute atomic E-state index is 0.0126. The Morgan fingerprint density at radius 2 is 1.30 bits per heavy atom. The number of carboxylic acids is 1. The minimum Gasteiger partial charge on any atom is -0.508 e. The van der Waals surface area contributed by atoms with Crippen molar-refractivity contribution in [1.82, 2.24) is 63.1 Å². The van der Waals surface area contributed by atoms with E-state index in [9.17, 15) is 58.2 Å². The van der Waals surface area contributed by atoms with E-state index in [1.54, 1.807) is 49.5 Å². The molecule has 0 radical (unpaired) electrons. The number of carbonyl (C=O) groups is 14. The summed E-state index contributed by atoms with van der Waals surface area (Å²) < 4.78 is 0. The summed E-state index contributed by atoms with van der Waals surface area (Å²) in [6.07, 6.45) is 0.470. The van der Waals surface area contributed by atoms with Crippen LogP contribution in [0.1, 0.15) is 114 Å². The SMILES string of the molecule is C[C@@H](N)CC(=O)N1CCC[C@H]1C(=O)N[C@@H](Cc1ccc(O)cc1)C(=O)N[C@H]1CSSC[C@H](C(N)=O)NC(=O)[C@H](CCC(=O)O)NC(=O)[C@H](Cc2c[nH]c3ccccc23)NC(=O)[C@H](CCC(N)=O)NC(=O)CCNC(=O)[C@H](CCCN=C(N)N)NC(=O)[C@H](Cc2cccc(Cl)c2Cl)NC(=O)[C@H](C2CCCC2)NC1=O. The molecule has 34 nitrogen and oxygen atoms in total. The lowest BCUT2D eigenvalue weighted by molar-refractivity contribution is -0.140. The van der Waals surface area contributed by atoms with Crippen LogP contribution in [0.2, 0.25) is 10.0 Å². The van der Waals surface area contributed by atoms with Crippen molar-refractivity contribution >= 4 is 144 Å². The summed E-state index contributed by atoms with van der Waals surface area (Å²) in [6.45, 7) is 1.40. The van der Waals surface area contributed by atoms with Crippen molar-refractivity contribution in [3.05, 3.63) is 99.7 Å². The van der Waals surface area contributed by atoms with E-state index >= 15 is 19.2 Å². The van der Waals surface area contributed by atoms with Crippen LogP contribution in [0.15, 0.2) is 77.9 Å². The fraction of sp³-hybridized carbons (Fsp3) is 0.500. The second-order valence-electron chi connectivity index (χ2n) is 26.8. The van der Waals surface area contributed by atoms with Crippen LogP contribution in [0, 0.1) is 5.92 Å². The van der Waals surface area contributed by atoms with Crippen molar-refractivity contribution in [2.75, 3.05) is 31.1 Å². The quantitative estimate of drug-likeness (QED) is 0.0174. The maximum Gasteiger partial charge on any atom is 0.303 e. The number of phenolic OH excluding ortho intramolecular Hbond substituents is 1. The molecule has 3 heterocycles. The predicted molar refractivity (Wildman–Crippen MR) is 403 cm³/mol. The van der Waals surface area contributed by atoms with Gasteiger partial charge in [0.15, 0.2) is 5.96 Å². The van der Waals surface area contributed by atoms with Gasteiger partial charge in [0, 0.05) is 99.2 Å². The third kappa shape index (κ3) is 26.5. The van der Waals surface area contributed by atoms with Crippen LogP contribution in [0.25, 0.3) is 10.9 Å². The summed E-state index contributed by atoms with van der Waals surface area (Å²) in [5, 5.41) is 47.3. The van der Waals surface area contributed by atoms with Crippen LogP contribution >= 0.6 is 44.8 Å². The zero-order chi connectivity index (χ0) is 78.7. The van der Waals surface area contributed by atoms with Gasteiger partial charge in [-0.15, -0.1) is 0 Å². The van der Waals surface area contributed by atoms with Gasteiger partial charge in [-0.25, -0.2) is 0 Å². The Bertz CT molecular complexity index is 3940. The van der Waals surface area contributed by atoms with Gasteiger partial charge in [-0.2, -0.15) is 0 Å². The molecule has 2 saturated heterocycles. The Morgan fingerprint density at radius 1 is 0.676 bits per heavy atom. The first-order valence-electron chi connectivity index (χ1n) is 35.3. The summed E-state index contributed by atoms with van der Waals surface area (Å²) >= 11 is 13.2. The fourth-order valence-corrected chi connectivity index (χ4v) is 15.4. The van der Waals surface area contributed by atoms with E-state index in [0.29, 0.717) is 54.1 Å². The number of aliphatic carboxylic acids is 1. The lowest BCUT2D eigenvalue weighted by atomic mass is 9.95. The highest BCUT2D eigenvalue weighted by Crippen LogP contribution is 2.31. The van der Waals surface area contributed by atoms with E-state index in [-0.39, 0.29) is 91.3 Å². The van der Waals surface area contributed by atoms with Crippen molar-refractivity contribution in [3.8, 4) is 5.75 Å². The number of hydrogen-bond acceptors (Lipinski definition) is 19. The van der Waals surface area contributed by atoms with E-state index < -0.39 is 199 Å². The van der Waals surface area contributed by atoms with Crippen LogP contribution < -0.4 is 81.8 Å². The molecule has 1 aliphatic carbocycles. The molecule has 4 aromatic rings. The number of aliphatic imine (C=N–C) groups is 1. The number of aromatic amines is 1. The number of nitrogens with zero attached hydrogens (tertiary/aromatic N) is 2. The second kappa shape index (κ2) is 42.0. The highest BCUT2D eigenvalue weighted by atomic mass is 35.5. The Balaban J connectivity index is 1.29. The highest BCUT2D eigenvalue weighted by Gasteiger charge is 2.41. The lowest BCUT2D eigenvalue weighted by Crippen LogP contribution is -2.61. The number of hydrogen-bond donors (Lipinski definition) is 18. The van der Waals surface area contributed by atoms with Gasteiger partial charge < -0.3 is 102 Å². The molecular formula is C70H94Cl2N18O16S2. The molecule has 2 aliphatic heterocycles. The van der Waals surface area contributed by atoms with Gasteiger partial charge in [0.1, 0.15) is 66.2 Å². The zero-order valence-corrected chi connectivity index (χ0v) is 62.5. The molecule has 3 fully saturated rings. The Kier molecular flexibility index (Phi) is 33.2. The van der Waals surface area contributed by atoms with Gasteiger partial charge >= 0.3 is 5.97 Å². The van der Waals surface area contributed by atoms with Crippen LogP contribution in [0.5, 0.6) is 5.75 Å². The average molecular weight is 1580 g/mol. The third-order valence-electron chi connectivity index (χ3n) is 18.3. The van der Waals surface area contributed by atoms with E-state index in [1.165, 1.54) is 35.2 Å². The number of guanidine groups is 1. The number of amides is 13. The van der Waals surface area contributed by atoms with Crippen molar-refractivity contribution in [1.29, 1.82) is 0 Å². The van der Waals surface area contributed by atoms with E-state index in [4.69, 9.17) is 51.9 Å². The normalized spacial score (nSPS) is 23.0. The van der Waals surface area contributed by atoms with Crippen LogP contribution in [0.4, 0.5) is 0 Å². The van der Waals surface area contributed by atoms with Gasteiger partial charge in [0.05, 0.1) is 10.0 Å². The highest BCUT2D eigenvalue weighted by molar-refractivity contribution is 8.76. The molecule has 1 aromatic heterocycles. The molecule has 38 heteroatoms. The van der Waals surface area contributed by atoms with E-state index in [0.717, 1.165) is 21.6 Å². The maximum absolute atomic E-state index is 15.3. The average Bonchev–Trinajstić information content (AvgIpc) is 1.56. The summed E-state index contributed by atoms with van der Waals surface area (Å²) in [7, 11) is 1.73. The van der Waals surface area contributed by atoms with Gasteiger partial charge in [-0.05, 0) is 105 Å². The van der Waals surface area contributed by atoms with Gasteiger partial charge in [-0.1, -0.05) is 100 Å². The molecule has 13 amide bonds. The number of carbonyl (C=O) groups excluding carboxylic acids is 13. The number of aromatic hydroxyl groups is 1. The molecule has 7 rings (SSSR count). The molecule has 11 atom stereocenters. The molecule has 0 bridgehead atoms.